The van der Waals surface area contributed by atoms with Crippen LogP contribution in [0, 0.1) is 5.82 Å². The number of nitrogens with two attached hydrogens (primary N) is 1. The number of sulfonamides is 1. The largest absolute Gasteiger partial charge is 0.381 e. The number of primary amides is 1. The van der Waals surface area contributed by atoms with Crippen molar-refractivity contribution in [1.82, 2.24) is 4.31 Å². The summed E-state index contributed by atoms with van der Waals surface area (Å²) in [6.07, 6.45) is 1.11. The van der Waals surface area contributed by atoms with Crippen molar-refractivity contribution in [2.45, 2.75) is 23.1 Å². The number of nitrogens with zero attached hydrogens (tertiary/aromatic N) is 1. The molecule has 2 heterocycles. The Kier molecular flexibility index (Phi) is 6.32. The van der Waals surface area contributed by atoms with Crippen LogP contribution in [-0.4, -0.2) is 50.8 Å². The van der Waals surface area contributed by atoms with E-state index in [9.17, 15) is 22.4 Å². The average Bonchev–Trinajstić information content (AvgIpc) is 3.13. The highest BCUT2D eigenvalue weighted by atomic mass is 32.2. The van der Waals surface area contributed by atoms with Gasteiger partial charge in [-0.1, -0.05) is 12.1 Å². The van der Waals surface area contributed by atoms with Crippen molar-refractivity contribution >= 4 is 38.2 Å². The fraction of sp³-hybridized carbons (Fsp3) is 0.333. The molecule has 1 aliphatic rings. The predicted octanol–water partition coefficient (Wildman–Crippen LogP) is 2.04. The Bertz CT molecular complexity index is 1030. The molecule has 2 aromatic rings. The molecule has 2 amide bonds. The van der Waals surface area contributed by atoms with Gasteiger partial charge < -0.3 is 15.8 Å². The summed E-state index contributed by atoms with van der Waals surface area (Å²) in [5.41, 5.74) is 4.96. The van der Waals surface area contributed by atoms with Gasteiger partial charge in [-0.3, -0.25) is 9.59 Å². The second-order valence-electron chi connectivity index (χ2n) is 6.47. The van der Waals surface area contributed by atoms with Crippen molar-refractivity contribution in [2.24, 2.45) is 5.73 Å². The van der Waals surface area contributed by atoms with E-state index in [1.54, 1.807) is 0 Å². The molecule has 11 heteroatoms. The lowest BCUT2D eigenvalue weighted by Gasteiger charge is -2.29. The molecule has 0 spiro atoms. The zero-order valence-electron chi connectivity index (χ0n) is 15.6. The van der Waals surface area contributed by atoms with Gasteiger partial charge in [-0.05, 0) is 31.0 Å². The van der Waals surface area contributed by atoms with Gasteiger partial charge in [0.1, 0.15) is 15.0 Å². The summed E-state index contributed by atoms with van der Waals surface area (Å²) in [7, 11) is -2.45. The Morgan fingerprint density at radius 3 is 2.52 bits per heavy atom. The van der Waals surface area contributed by atoms with E-state index >= 15 is 0 Å². The van der Waals surface area contributed by atoms with Gasteiger partial charge in [0.05, 0.1) is 11.1 Å². The summed E-state index contributed by atoms with van der Waals surface area (Å²) in [4.78, 5) is 24.2. The summed E-state index contributed by atoms with van der Waals surface area (Å²) in [5.74, 6) is -2.45. The second-order valence-corrected chi connectivity index (χ2v) is 9.75. The third-order valence-electron chi connectivity index (χ3n) is 4.66. The van der Waals surface area contributed by atoms with Crippen LogP contribution in [0.2, 0.25) is 0 Å². The van der Waals surface area contributed by atoms with Gasteiger partial charge in [-0.25, -0.2) is 12.8 Å². The smallest absolute Gasteiger partial charge is 0.259 e. The molecule has 1 aliphatic heterocycles. The summed E-state index contributed by atoms with van der Waals surface area (Å²) in [5, 5.41) is 2.34. The Morgan fingerprint density at radius 1 is 1.24 bits per heavy atom. The number of rotatable bonds is 6. The number of halogens is 1. The van der Waals surface area contributed by atoms with Crippen LogP contribution in [0.3, 0.4) is 0 Å². The molecule has 3 N–H and O–H groups in total. The maximum absolute atomic E-state index is 13.8. The molecule has 1 fully saturated rings. The van der Waals surface area contributed by atoms with Gasteiger partial charge in [-0.2, -0.15) is 4.31 Å². The molecule has 29 heavy (non-hydrogen) atoms. The first kappa shape index (κ1) is 21.4. The van der Waals surface area contributed by atoms with Crippen LogP contribution >= 0.6 is 11.3 Å². The minimum atomic E-state index is -3.92. The number of benzene rings is 1. The summed E-state index contributed by atoms with van der Waals surface area (Å²) in [6, 6.07) is 6.22. The molecule has 1 saturated heterocycles. The van der Waals surface area contributed by atoms with E-state index < -0.39 is 27.7 Å². The van der Waals surface area contributed by atoms with Crippen LogP contribution in [-0.2, 0) is 14.8 Å². The first-order valence-electron chi connectivity index (χ1n) is 8.77. The highest BCUT2D eigenvalue weighted by molar-refractivity contribution is 7.91. The molecule has 1 aromatic heterocycles. The van der Waals surface area contributed by atoms with Crippen LogP contribution < -0.4 is 11.1 Å². The third kappa shape index (κ3) is 4.47. The zero-order chi connectivity index (χ0) is 21.2. The molecule has 3 rings (SSSR count). The number of hydrogen-bond donors (Lipinski definition) is 2. The molecule has 8 nitrogen and oxygen atoms in total. The van der Waals surface area contributed by atoms with Gasteiger partial charge in [0.25, 0.3) is 21.8 Å². The lowest BCUT2D eigenvalue weighted by atomic mass is 10.1. The van der Waals surface area contributed by atoms with Crippen molar-refractivity contribution < 1.29 is 27.1 Å². The average molecular weight is 442 g/mol. The van der Waals surface area contributed by atoms with Crippen LogP contribution in [0.5, 0.6) is 0 Å². The third-order valence-corrected chi connectivity index (χ3v) is 8.07. The van der Waals surface area contributed by atoms with Crippen molar-refractivity contribution in [1.29, 1.82) is 0 Å². The Morgan fingerprint density at radius 2 is 1.90 bits per heavy atom. The van der Waals surface area contributed by atoms with Crippen LogP contribution in [0.15, 0.2) is 34.5 Å². The fourth-order valence-corrected chi connectivity index (χ4v) is 5.94. The molecule has 0 bridgehead atoms. The molecule has 0 aliphatic carbocycles. The van der Waals surface area contributed by atoms with Crippen LogP contribution in [0.1, 0.15) is 33.6 Å². The lowest BCUT2D eigenvalue weighted by molar-refractivity contribution is 0.0632. The minimum Gasteiger partial charge on any atom is -0.381 e. The van der Waals surface area contributed by atoms with E-state index in [1.165, 1.54) is 29.6 Å². The van der Waals surface area contributed by atoms with Crippen molar-refractivity contribution in [2.75, 3.05) is 25.6 Å². The zero-order valence-corrected chi connectivity index (χ0v) is 17.2. The van der Waals surface area contributed by atoms with Crippen LogP contribution in [0.4, 0.5) is 9.39 Å². The maximum atomic E-state index is 13.8. The van der Waals surface area contributed by atoms with E-state index in [2.05, 4.69) is 5.32 Å². The van der Waals surface area contributed by atoms with Gasteiger partial charge in [0, 0.05) is 26.3 Å². The normalized spacial score (nSPS) is 15.4. The summed E-state index contributed by atoms with van der Waals surface area (Å²) < 4.78 is 46.2. The Hall–Kier alpha value is -2.34. The van der Waals surface area contributed by atoms with Gasteiger partial charge >= 0.3 is 0 Å². The predicted molar refractivity (Wildman–Crippen MR) is 106 cm³/mol. The van der Waals surface area contributed by atoms with Crippen molar-refractivity contribution in [3.05, 3.63) is 47.3 Å². The Balaban J connectivity index is 1.91. The molecule has 0 atom stereocenters. The number of thiophene rings is 1. The summed E-state index contributed by atoms with van der Waals surface area (Å²) >= 11 is 0.700. The van der Waals surface area contributed by atoms with E-state index in [4.69, 9.17) is 10.5 Å². The number of ether oxygens (including phenoxy) is 1. The highest BCUT2D eigenvalue weighted by Crippen LogP contribution is 2.34. The molecule has 0 saturated carbocycles. The van der Waals surface area contributed by atoms with Crippen molar-refractivity contribution in [3.8, 4) is 0 Å². The molecule has 1 aromatic carbocycles. The van der Waals surface area contributed by atoms with Gasteiger partial charge in [-0.15, -0.1) is 11.3 Å². The number of carbonyl (C=O) groups excluding carboxylic acids is 2. The first-order valence-corrected chi connectivity index (χ1v) is 11.0. The second kappa shape index (κ2) is 8.57. The quantitative estimate of drug-likeness (QED) is 0.711. The van der Waals surface area contributed by atoms with Gasteiger partial charge in [0.2, 0.25) is 0 Å². The first-order chi connectivity index (χ1) is 13.7. The molecule has 156 valence electrons. The standard InChI is InChI=1S/C18H20FN3O5S2/c1-22(11-6-8-27-9-7-11)29(25,26)15-10-13(16(20)23)18(28-15)21-17(24)12-4-2-3-5-14(12)19/h2-5,10-11H,6-9H2,1H3,(H2,20,23)(H,21,24). The molecular formula is C18H20FN3O5S2. The highest BCUT2D eigenvalue weighted by Gasteiger charge is 2.32. The topological polar surface area (TPSA) is 119 Å². The molecule has 0 unspecified atom stereocenters. The van der Waals surface area contributed by atoms with Crippen LogP contribution in [0.25, 0.3) is 0 Å². The van der Waals surface area contributed by atoms with E-state index in [-0.39, 0.29) is 26.4 Å². The van der Waals surface area contributed by atoms with Crippen molar-refractivity contribution in [3.63, 3.8) is 0 Å². The summed E-state index contributed by atoms with van der Waals surface area (Å²) in [6.45, 7) is 0.927. The Labute approximate surface area is 171 Å². The van der Waals surface area contributed by atoms with E-state index in [0.717, 1.165) is 12.1 Å². The molecular weight excluding hydrogens is 421 g/mol. The lowest BCUT2D eigenvalue weighted by Crippen LogP contribution is -2.40. The number of carbonyl (C=O) groups is 2. The number of nitrogens with one attached hydrogen (secondary N) is 1. The molecule has 0 radical (unpaired) electrons. The van der Waals surface area contributed by atoms with E-state index in [0.29, 0.717) is 37.4 Å². The fourth-order valence-electron chi connectivity index (χ4n) is 2.97. The minimum absolute atomic E-state index is 0.0512. The number of hydrogen-bond acceptors (Lipinski definition) is 6. The monoisotopic (exact) mass is 441 g/mol. The van der Waals surface area contributed by atoms with E-state index in [1.807, 2.05) is 0 Å². The number of amides is 2. The maximum Gasteiger partial charge on any atom is 0.259 e. The van der Waals surface area contributed by atoms with Gasteiger partial charge in [0.15, 0.2) is 0 Å². The SMILES string of the molecule is CN(C1CCOCC1)S(=O)(=O)c1cc(C(N)=O)c(NC(=O)c2ccccc2F)s1. The number of anilines is 1.